The SMILES string of the molecule is CCOc1cc(/C=C2\SC(=O)NC2=O)ccc1OCCOc1ccc(F)cc1. The molecule has 1 N–H and O–H groups in total. The third-order valence-corrected chi connectivity index (χ3v) is 4.44. The normalized spacial score (nSPS) is 14.9. The van der Waals surface area contributed by atoms with Crippen molar-refractivity contribution < 1.29 is 28.2 Å². The van der Waals surface area contributed by atoms with Crippen molar-refractivity contribution >= 4 is 29.0 Å². The van der Waals surface area contributed by atoms with Crippen LogP contribution in [0, 0.1) is 5.82 Å². The van der Waals surface area contributed by atoms with Crippen LogP contribution in [0.4, 0.5) is 9.18 Å². The third-order valence-electron chi connectivity index (χ3n) is 3.63. The Morgan fingerprint density at radius 1 is 1.00 bits per heavy atom. The minimum atomic E-state index is -0.411. The average molecular weight is 403 g/mol. The molecule has 0 unspecified atom stereocenters. The molecule has 8 heteroatoms. The number of thioether (sulfide) groups is 1. The van der Waals surface area contributed by atoms with Gasteiger partial charge in [-0.3, -0.25) is 14.9 Å². The fourth-order valence-corrected chi connectivity index (χ4v) is 3.10. The molecular formula is C20H18FNO5S. The predicted octanol–water partition coefficient (Wildman–Crippen LogP) is 4.01. The summed E-state index contributed by atoms with van der Waals surface area (Å²) < 4.78 is 29.7. The number of ether oxygens (including phenoxy) is 3. The summed E-state index contributed by atoms with van der Waals surface area (Å²) in [6.07, 6.45) is 1.62. The van der Waals surface area contributed by atoms with E-state index in [4.69, 9.17) is 14.2 Å². The first-order valence-corrected chi connectivity index (χ1v) is 9.39. The number of hydrogen-bond donors (Lipinski definition) is 1. The summed E-state index contributed by atoms with van der Waals surface area (Å²) in [6, 6.07) is 11.0. The molecule has 0 aliphatic carbocycles. The quantitative estimate of drug-likeness (QED) is 0.530. The van der Waals surface area contributed by atoms with Gasteiger partial charge >= 0.3 is 0 Å². The molecule has 1 aliphatic heterocycles. The number of nitrogens with one attached hydrogen (secondary N) is 1. The molecule has 0 spiro atoms. The number of rotatable bonds is 8. The van der Waals surface area contributed by atoms with Crippen LogP contribution >= 0.6 is 11.8 Å². The van der Waals surface area contributed by atoms with Crippen LogP contribution in [0.5, 0.6) is 17.2 Å². The molecule has 1 heterocycles. The number of amides is 2. The highest BCUT2D eigenvalue weighted by Crippen LogP contribution is 2.31. The minimum absolute atomic E-state index is 0.268. The molecule has 0 aromatic heterocycles. The van der Waals surface area contributed by atoms with Gasteiger partial charge in [-0.15, -0.1) is 0 Å². The highest BCUT2D eigenvalue weighted by atomic mass is 32.2. The summed E-state index contributed by atoms with van der Waals surface area (Å²) in [5.41, 5.74) is 0.714. The molecule has 6 nitrogen and oxygen atoms in total. The number of carbonyl (C=O) groups excluding carboxylic acids is 2. The Bertz CT molecular complexity index is 898. The van der Waals surface area contributed by atoms with E-state index in [1.54, 1.807) is 36.4 Å². The van der Waals surface area contributed by atoms with Crippen molar-refractivity contribution in [3.63, 3.8) is 0 Å². The van der Waals surface area contributed by atoms with E-state index in [0.717, 1.165) is 11.8 Å². The van der Waals surface area contributed by atoms with Crippen LogP contribution in [0.1, 0.15) is 12.5 Å². The van der Waals surface area contributed by atoms with Crippen LogP contribution in [0.3, 0.4) is 0 Å². The van der Waals surface area contributed by atoms with E-state index < -0.39 is 5.91 Å². The van der Waals surface area contributed by atoms with Crippen molar-refractivity contribution in [2.45, 2.75) is 6.92 Å². The van der Waals surface area contributed by atoms with Crippen molar-refractivity contribution in [2.24, 2.45) is 0 Å². The van der Waals surface area contributed by atoms with Crippen LogP contribution < -0.4 is 19.5 Å². The Morgan fingerprint density at radius 2 is 1.75 bits per heavy atom. The molecule has 2 aromatic rings. The molecular weight excluding hydrogens is 385 g/mol. The zero-order valence-corrected chi connectivity index (χ0v) is 15.9. The minimum Gasteiger partial charge on any atom is -0.490 e. The fraction of sp³-hybridized carbons (Fsp3) is 0.200. The summed E-state index contributed by atoms with van der Waals surface area (Å²) in [4.78, 5) is 23.3. The first kappa shape index (κ1) is 19.8. The first-order valence-electron chi connectivity index (χ1n) is 8.58. The van der Waals surface area contributed by atoms with E-state index in [1.807, 2.05) is 6.92 Å². The second kappa shape index (κ2) is 9.27. The molecule has 146 valence electrons. The van der Waals surface area contributed by atoms with Gasteiger partial charge in [-0.1, -0.05) is 6.07 Å². The lowest BCUT2D eigenvalue weighted by molar-refractivity contribution is -0.115. The van der Waals surface area contributed by atoms with E-state index in [2.05, 4.69) is 5.32 Å². The van der Waals surface area contributed by atoms with E-state index in [9.17, 15) is 14.0 Å². The number of carbonyl (C=O) groups is 2. The first-order chi connectivity index (χ1) is 13.5. The maximum atomic E-state index is 12.9. The Hall–Kier alpha value is -3.00. The molecule has 1 fully saturated rings. The summed E-state index contributed by atoms with van der Waals surface area (Å²) >= 11 is 0.857. The van der Waals surface area contributed by atoms with E-state index in [-0.39, 0.29) is 24.3 Å². The molecule has 0 radical (unpaired) electrons. The number of halogens is 1. The maximum absolute atomic E-state index is 12.9. The van der Waals surface area contributed by atoms with Gasteiger partial charge in [-0.25, -0.2) is 4.39 Å². The monoisotopic (exact) mass is 403 g/mol. The van der Waals surface area contributed by atoms with E-state index >= 15 is 0 Å². The molecule has 3 rings (SSSR count). The van der Waals surface area contributed by atoms with E-state index in [1.165, 1.54) is 12.1 Å². The second-order valence-corrected chi connectivity index (χ2v) is 6.66. The molecule has 0 atom stereocenters. The zero-order chi connectivity index (χ0) is 19.9. The Balaban J connectivity index is 1.62. The Kier molecular flexibility index (Phi) is 6.54. The second-order valence-electron chi connectivity index (χ2n) is 5.64. The highest BCUT2D eigenvalue weighted by Gasteiger charge is 2.25. The summed E-state index contributed by atoms with van der Waals surface area (Å²) in [6.45, 7) is 2.84. The summed E-state index contributed by atoms with van der Waals surface area (Å²) in [7, 11) is 0. The van der Waals surface area contributed by atoms with E-state index in [0.29, 0.717) is 34.3 Å². The van der Waals surface area contributed by atoms with Crippen molar-refractivity contribution in [1.82, 2.24) is 5.32 Å². The van der Waals surface area contributed by atoms with Crippen LogP contribution in [0.15, 0.2) is 47.4 Å². The van der Waals surface area contributed by atoms with Crippen molar-refractivity contribution in [1.29, 1.82) is 0 Å². The van der Waals surface area contributed by atoms with Gasteiger partial charge in [0.05, 0.1) is 11.5 Å². The number of imide groups is 1. The van der Waals surface area contributed by atoms with Gasteiger partial charge < -0.3 is 14.2 Å². The van der Waals surface area contributed by atoms with Crippen molar-refractivity contribution in [2.75, 3.05) is 19.8 Å². The smallest absolute Gasteiger partial charge is 0.290 e. The molecule has 0 bridgehead atoms. The summed E-state index contributed by atoms with van der Waals surface area (Å²) in [5, 5.41) is 1.83. The largest absolute Gasteiger partial charge is 0.490 e. The average Bonchev–Trinajstić information content (AvgIpc) is 2.99. The predicted molar refractivity (Wildman–Crippen MR) is 104 cm³/mol. The van der Waals surface area contributed by atoms with Gasteiger partial charge in [-0.05, 0) is 66.7 Å². The van der Waals surface area contributed by atoms with Crippen LogP contribution in [0.2, 0.25) is 0 Å². The van der Waals surface area contributed by atoms with Crippen molar-refractivity contribution in [3.05, 3.63) is 58.8 Å². The van der Waals surface area contributed by atoms with Gasteiger partial charge in [0, 0.05) is 0 Å². The lowest BCUT2D eigenvalue weighted by Gasteiger charge is -2.13. The molecule has 2 amide bonds. The van der Waals surface area contributed by atoms with Crippen LogP contribution in [-0.2, 0) is 4.79 Å². The number of benzene rings is 2. The fourth-order valence-electron chi connectivity index (χ4n) is 2.42. The van der Waals surface area contributed by atoms with Gasteiger partial charge in [0.2, 0.25) is 0 Å². The Morgan fingerprint density at radius 3 is 2.43 bits per heavy atom. The molecule has 1 aliphatic rings. The van der Waals surface area contributed by atoms with Crippen LogP contribution in [0.25, 0.3) is 6.08 Å². The molecule has 2 aromatic carbocycles. The maximum Gasteiger partial charge on any atom is 0.290 e. The van der Waals surface area contributed by atoms with Crippen LogP contribution in [-0.4, -0.2) is 31.0 Å². The highest BCUT2D eigenvalue weighted by molar-refractivity contribution is 8.18. The molecule has 1 saturated heterocycles. The van der Waals surface area contributed by atoms with Gasteiger partial charge in [0.1, 0.15) is 24.8 Å². The summed E-state index contributed by atoms with van der Waals surface area (Å²) in [5.74, 6) is 0.877. The van der Waals surface area contributed by atoms with Gasteiger partial charge in [-0.2, -0.15) is 0 Å². The van der Waals surface area contributed by atoms with Gasteiger partial charge in [0.15, 0.2) is 11.5 Å². The van der Waals surface area contributed by atoms with Gasteiger partial charge in [0.25, 0.3) is 11.1 Å². The molecule has 0 saturated carbocycles. The zero-order valence-electron chi connectivity index (χ0n) is 15.1. The standard InChI is InChI=1S/C20H18FNO5S/c1-2-25-17-11-13(12-18-19(23)22-20(24)28-18)3-8-16(17)27-10-9-26-15-6-4-14(21)5-7-15/h3-8,11-12H,2,9-10H2,1H3,(H,22,23,24)/b18-12-. The lowest BCUT2D eigenvalue weighted by atomic mass is 10.2. The topological polar surface area (TPSA) is 73.9 Å². The van der Waals surface area contributed by atoms with Crippen molar-refractivity contribution in [3.8, 4) is 17.2 Å². The molecule has 28 heavy (non-hydrogen) atoms. The lowest BCUT2D eigenvalue weighted by Crippen LogP contribution is -2.17. The third kappa shape index (κ3) is 5.26. The Labute approximate surface area is 165 Å². The number of hydrogen-bond acceptors (Lipinski definition) is 6.